The largest absolute Gasteiger partial charge is 0.419 e. The molecule has 0 fully saturated rings. The van der Waals surface area contributed by atoms with E-state index in [0.29, 0.717) is 11.4 Å². The van der Waals surface area contributed by atoms with E-state index < -0.39 is 0 Å². The standard InChI is InChI=1S/C19H11N3O/c1-4-12-5-2-10-20-17(12)15(6-1)16-9-8-14-13-7-3-11-21-18(13)23-19(14)22-16/h1-11H. The third-order valence-electron chi connectivity index (χ3n) is 4.02. The number of hydrogen-bond donors (Lipinski definition) is 0. The summed E-state index contributed by atoms with van der Waals surface area (Å²) in [6, 6.07) is 18.0. The smallest absolute Gasteiger partial charge is 0.230 e. The molecule has 0 saturated heterocycles. The van der Waals surface area contributed by atoms with Crippen molar-refractivity contribution in [2.75, 3.05) is 0 Å². The monoisotopic (exact) mass is 297 g/mol. The minimum atomic E-state index is 0.601. The minimum Gasteiger partial charge on any atom is -0.419 e. The van der Waals surface area contributed by atoms with Gasteiger partial charge in [0.15, 0.2) is 0 Å². The summed E-state index contributed by atoms with van der Waals surface area (Å²) in [7, 11) is 0. The molecule has 0 saturated carbocycles. The van der Waals surface area contributed by atoms with Gasteiger partial charge in [-0.1, -0.05) is 24.3 Å². The molecule has 0 N–H and O–H groups in total. The highest BCUT2D eigenvalue weighted by atomic mass is 16.3. The van der Waals surface area contributed by atoms with Crippen molar-refractivity contribution in [3.63, 3.8) is 0 Å². The minimum absolute atomic E-state index is 0.601. The van der Waals surface area contributed by atoms with Crippen molar-refractivity contribution in [1.82, 2.24) is 15.0 Å². The normalized spacial score (nSPS) is 11.5. The zero-order valence-corrected chi connectivity index (χ0v) is 12.1. The van der Waals surface area contributed by atoms with Gasteiger partial charge in [0.2, 0.25) is 11.4 Å². The van der Waals surface area contributed by atoms with Gasteiger partial charge in [0.25, 0.3) is 0 Å². The summed E-state index contributed by atoms with van der Waals surface area (Å²) >= 11 is 0. The second kappa shape index (κ2) is 4.61. The molecule has 0 aliphatic carbocycles. The molecule has 4 nitrogen and oxygen atoms in total. The summed E-state index contributed by atoms with van der Waals surface area (Å²) in [6.45, 7) is 0. The van der Waals surface area contributed by atoms with Gasteiger partial charge in [-0.2, -0.15) is 0 Å². The molecule has 0 atom stereocenters. The average molecular weight is 297 g/mol. The molecule has 5 aromatic rings. The van der Waals surface area contributed by atoms with Crippen molar-refractivity contribution in [3.05, 3.63) is 67.0 Å². The number of benzene rings is 1. The molecule has 0 aliphatic heterocycles. The molecule has 23 heavy (non-hydrogen) atoms. The summed E-state index contributed by atoms with van der Waals surface area (Å²) in [6.07, 6.45) is 3.52. The summed E-state index contributed by atoms with van der Waals surface area (Å²) in [4.78, 5) is 13.4. The topological polar surface area (TPSA) is 51.8 Å². The molecule has 108 valence electrons. The van der Waals surface area contributed by atoms with Crippen LogP contribution in [0.5, 0.6) is 0 Å². The zero-order chi connectivity index (χ0) is 15.2. The van der Waals surface area contributed by atoms with Crippen LogP contribution in [-0.2, 0) is 0 Å². The van der Waals surface area contributed by atoms with Gasteiger partial charge in [0.05, 0.1) is 11.2 Å². The Kier molecular flexibility index (Phi) is 2.46. The molecule has 5 rings (SSSR count). The maximum Gasteiger partial charge on any atom is 0.230 e. The number of aromatic nitrogens is 3. The number of pyridine rings is 3. The maximum absolute atomic E-state index is 5.78. The summed E-state index contributed by atoms with van der Waals surface area (Å²) in [5.74, 6) is 0. The first-order valence-corrected chi connectivity index (χ1v) is 7.38. The molecule has 0 spiro atoms. The lowest BCUT2D eigenvalue weighted by atomic mass is 10.1. The van der Waals surface area contributed by atoms with Gasteiger partial charge < -0.3 is 4.42 Å². The van der Waals surface area contributed by atoms with Gasteiger partial charge in [-0.05, 0) is 30.3 Å². The number of para-hydroxylation sites is 1. The Hall–Kier alpha value is -3.27. The van der Waals surface area contributed by atoms with Crippen LogP contribution in [0.25, 0.3) is 44.4 Å². The molecule has 4 heterocycles. The second-order valence-electron chi connectivity index (χ2n) is 5.39. The van der Waals surface area contributed by atoms with E-state index in [1.807, 2.05) is 42.5 Å². The Balaban J connectivity index is 1.81. The highest BCUT2D eigenvalue weighted by molar-refractivity contribution is 6.03. The third-order valence-corrected chi connectivity index (χ3v) is 4.02. The SMILES string of the molecule is c1cnc2c(-c3ccc4c(n3)oc3ncccc34)cccc2c1. The van der Waals surface area contributed by atoms with E-state index in [4.69, 9.17) is 4.42 Å². The number of fused-ring (bicyclic) bond motifs is 4. The van der Waals surface area contributed by atoms with Crippen molar-refractivity contribution in [2.45, 2.75) is 0 Å². The van der Waals surface area contributed by atoms with Crippen LogP contribution in [0.1, 0.15) is 0 Å². The number of hydrogen-bond acceptors (Lipinski definition) is 4. The van der Waals surface area contributed by atoms with Crippen LogP contribution in [0.4, 0.5) is 0 Å². The molecule has 0 unspecified atom stereocenters. The number of furan rings is 1. The van der Waals surface area contributed by atoms with Crippen LogP contribution in [0.3, 0.4) is 0 Å². The zero-order valence-electron chi connectivity index (χ0n) is 12.1. The molecule has 1 aromatic carbocycles. The number of nitrogens with zero attached hydrogens (tertiary/aromatic N) is 3. The average Bonchev–Trinajstić information content (AvgIpc) is 2.99. The maximum atomic E-state index is 5.78. The number of rotatable bonds is 1. The lowest BCUT2D eigenvalue weighted by Crippen LogP contribution is -1.87. The molecular weight excluding hydrogens is 286 g/mol. The van der Waals surface area contributed by atoms with Crippen LogP contribution in [0.2, 0.25) is 0 Å². The van der Waals surface area contributed by atoms with Gasteiger partial charge >= 0.3 is 0 Å². The van der Waals surface area contributed by atoms with Gasteiger partial charge in [-0.25, -0.2) is 9.97 Å². The van der Waals surface area contributed by atoms with Crippen molar-refractivity contribution in [1.29, 1.82) is 0 Å². The second-order valence-corrected chi connectivity index (χ2v) is 5.39. The molecule has 0 aliphatic rings. The van der Waals surface area contributed by atoms with E-state index >= 15 is 0 Å². The summed E-state index contributed by atoms with van der Waals surface area (Å²) in [5.41, 5.74) is 4.00. The summed E-state index contributed by atoms with van der Waals surface area (Å²) < 4.78 is 5.78. The van der Waals surface area contributed by atoms with Gasteiger partial charge in [-0.3, -0.25) is 4.98 Å². The molecule has 0 amide bonds. The fourth-order valence-electron chi connectivity index (χ4n) is 2.95. The molecular formula is C19H11N3O. The van der Waals surface area contributed by atoms with Gasteiger partial charge in [0, 0.05) is 34.1 Å². The van der Waals surface area contributed by atoms with Crippen molar-refractivity contribution in [2.24, 2.45) is 0 Å². The van der Waals surface area contributed by atoms with E-state index in [-0.39, 0.29) is 0 Å². The highest BCUT2D eigenvalue weighted by Gasteiger charge is 2.11. The van der Waals surface area contributed by atoms with Gasteiger partial charge in [-0.15, -0.1) is 0 Å². The lowest BCUT2D eigenvalue weighted by molar-refractivity contribution is 0.641. The van der Waals surface area contributed by atoms with E-state index in [1.165, 1.54) is 0 Å². The lowest BCUT2D eigenvalue weighted by Gasteiger charge is -2.04. The highest BCUT2D eigenvalue weighted by Crippen LogP contribution is 2.30. The van der Waals surface area contributed by atoms with Crippen molar-refractivity contribution in [3.8, 4) is 11.3 Å². The summed E-state index contributed by atoms with van der Waals surface area (Å²) in [5, 5.41) is 3.06. The molecule has 0 radical (unpaired) electrons. The van der Waals surface area contributed by atoms with Gasteiger partial charge in [0.1, 0.15) is 0 Å². The van der Waals surface area contributed by atoms with Crippen molar-refractivity contribution >= 4 is 33.1 Å². The predicted octanol–water partition coefficient (Wildman–Crippen LogP) is 4.59. The Morgan fingerprint density at radius 1 is 0.696 bits per heavy atom. The molecule has 4 heteroatoms. The Bertz CT molecular complexity index is 1170. The van der Waals surface area contributed by atoms with Crippen LogP contribution >= 0.6 is 0 Å². The quantitative estimate of drug-likeness (QED) is 0.454. The van der Waals surface area contributed by atoms with E-state index in [2.05, 4.69) is 27.1 Å². The first-order valence-electron chi connectivity index (χ1n) is 7.38. The third kappa shape index (κ3) is 1.82. The van der Waals surface area contributed by atoms with E-state index in [1.54, 1.807) is 12.4 Å². The van der Waals surface area contributed by atoms with Crippen LogP contribution < -0.4 is 0 Å². The van der Waals surface area contributed by atoms with Crippen molar-refractivity contribution < 1.29 is 4.42 Å². The van der Waals surface area contributed by atoms with E-state index in [0.717, 1.165) is 32.9 Å². The first-order chi connectivity index (χ1) is 11.4. The molecule has 4 aromatic heterocycles. The van der Waals surface area contributed by atoms with E-state index in [9.17, 15) is 0 Å². The van der Waals surface area contributed by atoms with Crippen LogP contribution in [-0.4, -0.2) is 15.0 Å². The Morgan fingerprint density at radius 3 is 2.52 bits per heavy atom. The molecule has 0 bridgehead atoms. The first kappa shape index (κ1) is 12.3. The Morgan fingerprint density at radius 2 is 1.52 bits per heavy atom. The Labute approximate surface area is 131 Å². The fourth-order valence-corrected chi connectivity index (χ4v) is 2.95. The van der Waals surface area contributed by atoms with Crippen LogP contribution in [0, 0.1) is 0 Å². The predicted molar refractivity (Wildman–Crippen MR) is 90.0 cm³/mol. The van der Waals surface area contributed by atoms with Crippen LogP contribution in [0.15, 0.2) is 71.4 Å². The fraction of sp³-hybridized carbons (Fsp3) is 0.